The summed E-state index contributed by atoms with van der Waals surface area (Å²) in [4.78, 5) is 12.1. The van der Waals surface area contributed by atoms with Crippen molar-refractivity contribution in [1.82, 2.24) is 15.6 Å². The number of carbonyl (C=O) groups is 1. The molecule has 0 spiro atoms. The molecule has 126 valence electrons. The van der Waals surface area contributed by atoms with Crippen molar-refractivity contribution in [1.29, 1.82) is 0 Å². The van der Waals surface area contributed by atoms with Crippen LogP contribution in [0.15, 0.2) is 53.6 Å². The lowest BCUT2D eigenvalue weighted by Crippen LogP contribution is -2.18. The van der Waals surface area contributed by atoms with Crippen LogP contribution in [0.1, 0.15) is 16.1 Å². The minimum atomic E-state index is -0.472. The number of halogens is 1. The molecule has 0 aliphatic carbocycles. The number of hydrazone groups is 1. The molecule has 1 amide bonds. The summed E-state index contributed by atoms with van der Waals surface area (Å²) in [6.07, 6.45) is 1.29. The second-order valence-electron chi connectivity index (χ2n) is 5.10. The van der Waals surface area contributed by atoms with Gasteiger partial charge >= 0.3 is 0 Å². The fraction of sp³-hybridized carbons (Fsp3) is 0. The van der Waals surface area contributed by atoms with Crippen molar-refractivity contribution >= 4 is 23.7 Å². The molecule has 0 saturated heterocycles. The van der Waals surface area contributed by atoms with Crippen LogP contribution in [0.5, 0.6) is 11.5 Å². The normalized spacial score (nSPS) is 10.9. The third kappa shape index (κ3) is 3.78. The number of amides is 1. The summed E-state index contributed by atoms with van der Waals surface area (Å²) in [5.74, 6) is -1.25. The highest BCUT2D eigenvalue weighted by atomic mass is 35.5. The molecule has 8 heteroatoms. The van der Waals surface area contributed by atoms with Gasteiger partial charge < -0.3 is 10.2 Å². The third-order valence-corrected chi connectivity index (χ3v) is 3.63. The van der Waals surface area contributed by atoms with Gasteiger partial charge in [0.15, 0.2) is 11.5 Å². The highest BCUT2D eigenvalue weighted by molar-refractivity contribution is 6.32. The molecule has 0 fully saturated rings. The van der Waals surface area contributed by atoms with E-state index in [4.69, 9.17) is 11.6 Å². The average Bonchev–Trinajstić information content (AvgIpc) is 3.10. The minimum absolute atomic E-state index is 0.0196. The number of benzene rings is 2. The Labute approximate surface area is 147 Å². The second kappa shape index (κ2) is 7.06. The molecule has 4 N–H and O–H groups in total. The van der Waals surface area contributed by atoms with Gasteiger partial charge in [-0.1, -0.05) is 41.9 Å². The Bertz CT molecular complexity index is 915. The molecule has 1 heterocycles. The van der Waals surface area contributed by atoms with Crippen LogP contribution >= 0.6 is 11.6 Å². The summed E-state index contributed by atoms with van der Waals surface area (Å²) in [7, 11) is 0. The van der Waals surface area contributed by atoms with Crippen molar-refractivity contribution in [2.75, 3.05) is 0 Å². The number of H-pyrrole nitrogens is 1. The number of hydrogen-bond acceptors (Lipinski definition) is 5. The topological polar surface area (TPSA) is 111 Å². The number of aromatic hydroxyl groups is 2. The van der Waals surface area contributed by atoms with Gasteiger partial charge in [-0.15, -0.1) is 0 Å². The summed E-state index contributed by atoms with van der Waals surface area (Å²) >= 11 is 5.75. The van der Waals surface area contributed by atoms with E-state index in [9.17, 15) is 15.0 Å². The van der Waals surface area contributed by atoms with E-state index in [1.807, 2.05) is 30.3 Å². The molecule has 1 aromatic heterocycles. The van der Waals surface area contributed by atoms with Gasteiger partial charge in [0, 0.05) is 5.56 Å². The molecule has 0 saturated carbocycles. The molecule has 0 aliphatic heterocycles. The van der Waals surface area contributed by atoms with Crippen LogP contribution in [-0.2, 0) is 0 Å². The van der Waals surface area contributed by atoms with Gasteiger partial charge in [0.2, 0.25) is 0 Å². The minimum Gasteiger partial charge on any atom is -0.504 e. The van der Waals surface area contributed by atoms with E-state index in [2.05, 4.69) is 20.7 Å². The van der Waals surface area contributed by atoms with Crippen molar-refractivity contribution in [2.45, 2.75) is 0 Å². The van der Waals surface area contributed by atoms with E-state index in [1.54, 1.807) is 6.07 Å². The Morgan fingerprint density at radius 3 is 2.68 bits per heavy atom. The Morgan fingerprint density at radius 1 is 1.20 bits per heavy atom. The van der Waals surface area contributed by atoms with E-state index in [0.717, 1.165) is 5.56 Å². The molecule has 0 bridgehead atoms. The van der Waals surface area contributed by atoms with Crippen molar-refractivity contribution in [2.24, 2.45) is 5.10 Å². The Balaban J connectivity index is 1.68. The molecule has 2 aromatic carbocycles. The van der Waals surface area contributed by atoms with Crippen molar-refractivity contribution in [3.05, 3.63) is 64.8 Å². The number of nitrogens with one attached hydrogen (secondary N) is 2. The van der Waals surface area contributed by atoms with Crippen molar-refractivity contribution in [3.8, 4) is 22.8 Å². The lowest BCUT2D eigenvalue weighted by atomic mass is 10.1. The maximum Gasteiger partial charge on any atom is 0.289 e. The van der Waals surface area contributed by atoms with Crippen LogP contribution in [0.4, 0.5) is 0 Å². The van der Waals surface area contributed by atoms with Crippen molar-refractivity contribution < 1.29 is 15.0 Å². The second-order valence-corrected chi connectivity index (χ2v) is 5.51. The first-order valence-corrected chi connectivity index (χ1v) is 7.58. The SMILES string of the molecule is O=C(N/N=C/c1cc(O)c(O)c(Cl)c1)c1cc(-c2ccccc2)n[nH]1. The molecule has 3 rings (SSSR count). The number of aromatic nitrogens is 2. The maximum atomic E-state index is 12.1. The summed E-state index contributed by atoms with van der Waals surface area (Å²) < 4.78 is 0. The Morgan fingerprint density at radius 2 is 1.96 bits per heavy atom. The molecular weight excluding hydrogens is 344 g/mol. The molecule has 0 radical (unpaired) electrons. The van der Waals surface area contributed by atoms with Gasteiger partial charge in [-0.25, -0.2) is 5.43 Å². The molecular formula is C17H13ClN4O3. The predicted molar refractivity (Wildman–Crippen MR) is 93.9 cm³/mol. The number of nitrogens with zero attached hydrogens (tertiary/aromatic N) is 2. The van der Waals surface area contributed by atoms with E-state index >= 15 is 0 Å². The van der Waals surface area contributed by atoms with Gasteiger partial charge in [-0.2, -0.15) is 10.2 Å². The number of aromatic amines is 1. The molecule has 0 unspecified atom stereocenters. The van der Waals surface area contributed by atoms with Crippen LogP contribution in [0.25, 0.3) is 11.3 Å². The quantitative estimate of drug-likeness (QED) is 0.327. The smallest absolute Gasteiger partial charge is 0.289 e. The van der Waals surface area contributed by atoms with Gasteiger partial charge in [-0.05, 0) is 23.8 Å². The Kier molecular flexibility index (Phi) is 4.67. The largest absolute Gasteiger partial charge is 0.504 e. The highest BCUT2D eigenvalue weighted by Gasteiger charge is 2.10. The number of hydrogen-bond donors (Lipinski definition) is 4. The fourth-order valence-electron chi connectivity index (χ4n) is 2.10. The first kappa shape index (κ1) is 16.5. The highest BCUT2D eigenvalue weighted by Crippen LogP contribution is 2.33. The summed E-state index contributed by atoms with van der Waals surface area (Å²) in [6, 6.07) is 13.7. The number of phenolic OH excluding ortho intramolecular Hbond substituents is 2. The maximum absolute atomic E-state index is 12.1. The zero-order chi connectivity index (χ0) is 17.8. The molecule has 3 aromatic rings. The van der Waals surface area contributed by atoms with Crippen LogP contribution in [0.3, 0.4) is 0 Å². The van der Waals surface area contributed by atoms with Crippen LogP contribution in [0.2, 0.25) is 5.02 Å². The lowest BCUT2D eigenvalue weighted by molar-refractivity contribution is 0.0950. The molecule has 7 nitrogen and oxygen atoms in total. The van der Waals surface area contributed by atoms with E-state index in [1.165, 1.54) is 18.3 Å². The van der Waals surface area contributed by atoms with Crippen LogP contribution in [0, 0.1) is 0 Å². The summed E-state index contributed by atoms with van der Waals surface area (Å²) in [5.41, 5.74) is 4.53. The lowest BCUT2D eigenvalue weighted by Gasteiger charge is -2.01. The molecule has 25 heavy (non-hydrogen) atoms. The number of carbonyl (C=O) groups excluding carboxylic acids is 1. The molecule has 0 aliphatic rings. The number of phenols is 2. The summed E-state index contributed by atoms with van der Waals surface area (Å²) in [6.45, 7) is 0. The van der Waals surface area contributed by atoms with Gasteiger partial charge in [-0.3, -0.25) is 9.89 Å². The summed E-state index contributed by atoms with van der Waals surface area (Å²) in [5, 5.41) is 29.4. The van der Waals surface area contributed by atoms with E-state index < -0.39 is 11.7 Å². The third-order valence-electron chi connectivity index (χ3n) is 3.34. The average molecular weight is 357 g/mol. The monoisotopic (exact) mass is 356 g/mol. The zero-order valence-electron chi connectivity index (χ0n) is 12.8. The van der Waals surface area contributed by atoms with Gasteiger partial charge in [0.05, 0.1) is 16.9 Å². The first-order valence-electron chi connectivity index (χ1n) is 7.20. The van der Waals surface area contributed by atoms with Crippen molar-refractivity contribution in [3.63, 3.8) is 0 Å². The fourth-order valence-corrected chi connectivity index (χ4v) is 2.32. The van der Waals surface area contributed by atoms with E-state index in [0.29, 0.717) is 11.3 Å². The van der Waals surface area contributed by atoms with Crippen LogP contribution in [-0.4, -0.2) is 32.5 Å². The predicted octanol–water partition coefficient (Wildman–Crippen LogP) is 2.91. The number of rotatable bonds is 4. The molecule has 0 atom stereocenters. The standard InChI is InChI=1S/C17H13ClN4O3/c18-12-6-10(7-15(23)16(12)24)9-19-22-17(25)14-8-13(20-21-14)11-4-2-1-3-5-11/h1-9,23-24H,(H,20,21)(H,22,25)/b19-9+. The first-order chi connectivity index (χ1) is 12.0. The van der Waals surface area contributed by atoms with Gasteiger partial charge in [0.25, 0.3) is 5.91 Å². The van der Waals surface area contributed by atoms with Gasteiger partial charge in [0.1, 0.15) is 5.69 Å². The van der Waals surface area contributed by atoms with E-state index in [-0.39, 0.29) is 16.5 Å². The Hall–Kier alpha value is -3.32. The zero-order valence-corrected chi connectivity index (χ0v) is 13.5. The van der Waals surface area contributed by atoms with Crippen LogP contribution < -0.4 is 5.43 Å².